The van der Waals surface area contributed by atoms with Gasteiger partial charge < -0.3 is 15.0 Å². The van der Waals surface area contributed by atoms with Crippen molar-refractivity contribution in [2.45, 2.75) is 13.3 Å². The summed E-state index contributed by atoms with van der Waals surface area (Å²) in [6.07, 6.45) is 1.13. The minimum absolute atomic E-state index is 0.157. The number of ether oxygens (including phenoxy) is 1. The first kappa shape index (κ1) is 12.6. The van der Waals surface area contributed by atoms with E-state index in [1.807, 2.05) is 11.8 Å². The Morgan fingerprint density at radius 3 is 2.53 bits per heavy atom. The Bertz CT molecular complexity index is 248. The van der Waals surface area contributed by atoms with Gasteiger partial charge in [0.15, 0.2) is 0 Å². The largest absolute Gasteiger partial charge is 0.450 e. The van der Waals surface area contributed by atoms with Gasteiger partial charge in [-0.05, 0) is 38.9 Å². The maximum absolute atomic E-state index is 11.5. The zero-order chi connectivity index (χ0) is 12.1. The maximum atomic E-state index is 11.5. The third kappa shape index (κ3) is 3.57. The molecular weight excluding hydrogens is 218 g/mol. The fourth-order valence-corrected chi connectivity index (χ4v) is 2.29. The Kier molecular flexibility index (Phi) is 4.62. The molecule has 17 heavy (non-hydrogen) atoms. The van der Waals surface area contributed by atoms with Crippen LogP contribution in [-0.4, -0.2) is 68.3 Å². The molecule has 0 atom stereocenters. The van der Waals surface area contributed by atoms with E-state index < -0.39 is 0 Å². The van der Waals surface area contributed by atoms with E-state index in [2.05, 4.69) is 10.2 Å². The Labute approximate surface area is 103 Å². The van der Waals surface area contributed by atoms with Crippen molar-refractivity contribution in [3.63, 3.8) is 0 Å². The van der Waals surface area contributed by atoms with E-state index in [4.69, 9.17) is 4.74 Å². The third-order valence-corrected chi connectivity index (χ3v) is 3.62. The lowest BCUT2D eigenvalue weighted by molar-refractivity contribution is 0.0772. The molecule has 0 spiro atoms. The molecule has 2 fully saturated rings. The molecular formula is C12H23N3O2. The fraction of sp³-hybridized carbons (Fsp3) is 0.917. The van der Waals surface area contributed by atoms with E-state index in [0.717, 1.165) is 32.1 Å². The zero-order valence-electron chi connectivity index (χ0n) is 10.7. The van der Waals surface area contributed by atoms with E-state index in [-0.39, 0.29) is 6.09 Å². The van der Waals surface area contributed by atoms with Gasteiger partial charge in [0.25, 0.3) is 0 Å². The molecule has 0 unspecified atom stereocenters. The summed E-state index contributed by atoms with van der Waals surface area (Å²) < 4.78 is 5.00. The van der Waals surface area contributed by atoms with Crippen molar-refractivity contribution in [2.75, 3.05) is 52.4 Å². The number of amides is 1. The molecule has 0 aliphatic carbocycles. The number of nitrogens with zero attached hydrogens (tertiary/aromatic N) is 2. The molecule has 0 aromatic rings. The van der Waals surface area contributed by atoms with Gasteiger partial charge in [-0.2, -0.15) is 0 Å². The summed E-state index contributed by atoms with van der Waals surface area (Å²) in [6.45, 7) is 9.44. The second kappa shape index (κ2) is 6.21. The highest BCUT2D eigenvalue weighted by atomic mass is 16.6. The molecule has 98 valence electrons. The van der Waals surface area contributed by atoms with Crippen molar-refractivity contribution in [1.29, 1.82) is 0 Å². The first-order valence-corrected chi connectivity index (χ1v) is 6.64. The molecule has 0 radical (unpaired) electrons. The predicted octanol–water partition coefficient (Wildman–Crippen LogP) is 0.370. The molecule has 0 aromatic carbocycles. The zero-order valence-corrected chi connectivity index (χ0v) is 10.7. The van der Waals surface area contributed by atoms with Gasteiger partial charge in [-0.1, -0.05) is 0 Å². The first-order valence-electron chi connectivity index (χ1n) is 6.64. The highest BCUT2D eigenvalue weighted by Gasteiger charge is 2.23. The van der Waals surface area contributed by atoms with Crippen molar-refractivity contribution in [3.8, 4) is 0 Å². The summed E-state index contributed by atoms with van der Waals surface area (Å²) in [4.78, 5) is 15.8. The third-order valence-electron chi connectivity index (χ3n) is 3.62. The Hall–Kier alpha value is -0.810. The second-order valence-corrected chi connectivity index (χ2v) is 4.84. The van der Waals surface area contributed by atoms with Crippen LogP contribution in [-0.2, 0) is 4.74 Å². The average molecular weight is 241 g/mol. The number of hydrogen-bond acceptors (Lipinski definition) is 4. The van der Waals surface area contributed by atoms with Crippen LogP contribution in [0.4, 0.5) is 4.79 Å². The van der Waals surface area contributed by atoms with Crippen LogP contribution < -0.4 is 5.32 Å². The highest BCUT2D eigenvalue weighted by molar-refractivity contribution is 5.67. The summed E-state index contributed by atoms with van der Waals surface area (Å²) in [5.41, 5.74) is 0. The van der Waals surface area contributed by atoms with Crippen molar-refractivity contribution in [3.05, 3.63) is 0 Å². The average Bonchev–Trinajstić information content (AvgIpc) is 2.28. The molecule has 2 rings (SSSR count). The molecule has 0 saturated carbocycles. The molecule has 2 aliphatic rings. The molecule has 5 heteroatoms. The quantitative estimate of drug-likeness (QED) is 0.772. The van der Waals surface area contributed by atoms with Gasteiger partial charge in [0.2, 0.25) is 0 Å². The summed E-state index contributed by atoms with van der Waals surface area (Å²) in [6, 6.07) is 0. The minimum atomic E-state index is -0.157. The van der Waals surface area contributed by atoms with Crippen LogP contribution in [0.25, 0.3) is 0 Å². The SMILES string of the molecule is CCOC(=O)N1CCN(CCC2CNC2)CC1. The van der Waals surface area contributed by atoms with E-state index in [1.165, 1.54) is 26.1 Å². The summed E-state index contributed by atoms with van der Waals surface area (Å²) >= 11 is 0. The van der Waals surface area contributed by atoms with Gasteiger partial charge in [-0.15, -0.1) is 0 Å². The van der Waals surface area contributed by atoms with Gasteiger partial charge in [0.05, 0.1) is 6.61 Å². The monoisotopic (exact) mass is 241 g/mol. The summed E-state index contributed by atoms with van der Waals surface area (Å²) in [5, 5.41) is 3.30. The first-order chi connectivity index (χ1) is 8.29. The lowest BCUT2D eigenvalue weighted by atomic mass is 9.99. The fourth-order valence-electron chi connectivity index (χ4n) is 2.29. The van der Waals surface area contributed by atoms with Gasteiger partial charge in [0.1, 0.15) is 0 Å². The van der Waals surface area contributed by atoms with Crippen LogP contribution in [0.5, 0.6) is 0 Å². The van der Waals surface area contributed by atoms with Crippen LogP contribution in [0.2, 0.25) is 0 Å². The van der Waals surface area contributed by atoms with Gasteiger partial charge in [0, 0.05) is 26.2 Å². The summed E-state index contributed by atoms with van der Waals surface area (Å²) in [7, 11) is 0. The van der Waals surface area contributed by atoms with Crippen molar-refractivity contribution in [1.82, 2.24) is 15.1 Å². The molecule has 1 amide bonds. The highest BCUT2D eigenvalue weighted by Crippen LogP contribution is 2.11. The van der Waals surface area contributed by atoms with Crippen LogP contribution in [0.1, 0.15) is 13.3 Å². The normalized spacial score (nSPS) is 22.3. The number of carbonyl (C=O) groups excluding carboxylic acids is 1. The van der Waals surface area contributed by atoms with Crippen molar-refractivity contribution < 1.29 is 9.53 Å². The van der Waals surface area contributed by atoms with Crippen LogP contribution in [0, 0.1) is 5.92 Å². The smallest absolute Gasteiger partial charge is 0.409 e. The number of rotatable bonds is 4. The topological polar surface area (TPSA) is 44.8 Å². The molecule has 2 heterocycles. The lowest BCUT2D eigenvalue weighted by Gasteiger charge is -2.36. The van der Waals surface area contributed by atoms with E-state index in [9.17, 15) is 4.79 Å². The maximum Gasteiger partial charge on any atom is 0.409 e. The molecule has 2 saturated heterocycles. The molecule has 1 N–H and O–H groups in total. The van der Waals surface area contributed by atoms with Crippen LogP contribution >= 0.6 is 0 Å². The van der Waals surface area contributed by atoms with Crippen LogP contribution in [0.3, 0.4) is 0 Å². The van der Waals surface area contributed by atoms with Crippen LogP contribution in [0.15, 0.2) is 0 Å². The molecule has 5 nitrogen and oxygen atoms in total. The Morgan fingerprint density at radius 1 is 1.29 bits per heavy atom. The van der Waals surface area contributed by atoms with Crippen molar-refractivity contribution >= 4 is 6.09 Å². The standard InChI is InChI=1S/C12H23N3O2/c1-2-17-12(16)15-7-5-14(6-8-15)4-3-11-9-13-10-11/h11,13H,2-10H2,1H3. The minimum Gasteiger partial charge on any atom is -0.450 e. The van der Waals surface area contributed by atoms with Gasteiger partial charge in [-0.3, -0.25) is 4.90 Å². The van der Waals surface area contributed by atoms with Gasteiger partial charge >= 0.3 is 6.09 Å². The van der Waals surface area contributed by atoms with Crippen molar-refractivity contribution in [2.24, 2.45) is 5.92 Å². The number of nitrogens with one attached hydrogen (secondary N) is 1. The second-order valence-electron chi connectivity index (χ2n) is 4.84. The molecule has 2 aliphatic heterocycles. The Balaban J connectivity index is 1.61. The van der Waals surface area contributed by atoms with Gasteiger partial charge in [-0.25, -0.2) is 4.79 Å². The molecule has 0 bridgehead atoms. The van der Waals surface area contributed by atoms with E-state index in [0.29, 0.717) is 6.61 Å². The summed E-state index contributed by atoms with van der Waals surface area (Å²) in [5.74, 6) is 0.873. The van der Waals surface area contributed by atoms with E-state index >= 15 is 0 Å². The number of carbonyl (C=O) groups is 1. The molecule has 0 aromatic heterocycles. The van der Waals surface area contributed by atoms with E-state index in [1.54, 1.807) is 0 Å². The Morgan fingerprint density at radius 2 is 2.00 bits per heavy atom. The predicted molar refractivity (Wildman–Crippen MR) is 66.0 cm³/mol. The lowest BCUT2D eigenvalue weighted by Crippen LogP contribution is -2.50. The number of hydrogen-bond donors (Lipinski definition) is 1. The number of piperazine rings is 1.